The number of hydrogen-bond acceptors (Lipinski definition) is 7. The Labute approximate surface area is 278 Å². The molecule has 48 heavy (non-hydrogen) atoms. The molecule has 1 aliphatic carbocycles. The Morgan fingerprint density at radius 3 is 2.46 bits per heavy atom. The van der Waals surface area contributed by atoms with Gasteiger partial charge in [-0.3, -0.25) is 19.0 Å². The second-order valence-electron chi connectivity index (χ2n) is 12.1. The molecule has 11 nitrogen and oxygen atoms in total. The van der Waals surface area contributed by atoms with Crippen molar-refractivity contribution >= 4 is 29.1 Å². The second-order valence-corrected chi connectivity index (χ2v) is 12.5. The Morgan fingerprint density at radius 1 is 1.04 bits per heavy atom. The van der Waals surface area contributed by atoms with Crippen molar-refractivity contribution in [1.29, 1.82) is 0 Å². The zero-order chi connectivity index (χ0) is 34.4. The number of pyridine rings is 1. The quantitative estimate of drug-likeness (QED) is 0.255. The molecule has 3 heterocycles. The van der Waals surface area contributed by atoms with Crippen LogP contribution >= 0.6 is 11.6 Å². The fourth-order valence-electron chi connectivity index (χ4n) is 6.43. The van der Waals surface area contributed by atoms with Gasteiger partial charge in [0.1, 0.15) is 17.2 Å². The molecule has 2 aliphatic rings. The minimum absolute atomic E-state index is 0.0285. The van der Waals surface area contributed by atoms with Crippen LogP contribution < -0.4 is 31.9 Å². The highest BCUT2D eigenvalue weighted by molar-refractivity contribution is 6.36. The van der Waals surface area contributed by atoms with Gasteiger partial charge in [-0.1, -0.05) is 11.6 Å². The summed E-state index contributed by atoms with van der Waals surface area (Å²) in [5.41, 5.74) is 1.50. The third kappa shape index (κ3) is 6.11. The Hall–Kier alpha value is -4.88. The first-order chi connectivity index (χ1) is 22.9. The van der Waals surface area contributed by atoms with Crippen LogP contribution in [0.3, 0.4) is 0 Å². The molecule has 14 heteroatoms. The van der Waals surface area contributed by atoms with Crippen LogP contribution in [0.5, 0.6) is 5.88 Å². The molecule has 3 N–H and O–H groups in total. The van der Waals surface area contributed by atoms with Crippen LogP contribution in [0.2, 0.25) is 5.02 Å². The van der Waals surface area contributed by atoms with Gasteiger partial charge in [-0.15, -0.1) is 0 Å². The van der Waals surface area contributed by atoms with E-state index in [0.29, 0.717) is 36.5 Å². The van der Waals surface area contributed by atoms with E-state index in [9.17, 15) is 19.2 Å². The van der Waals surface area contributed by atoms with E-state index in [1.807, 2.05) is 6.07 Å². The Kier molecular flexibility index (Phi) is 8.92. The highest BCUT2D eigenvalue weighted by Gasteiger charge is 2.31. The number of benzene rings is 2. The molecule has 1 fully saturated rings. The number of anilines is 1. The first kappa shape index (κ1) is 33.0. The summed E-state index contributed by atoms with van der Waals surface area (Å²) in [6, 6.07) is 6.55. The standard InChI is InChI=1S/C34H33ClF2N6O5/c1-16-21(10-19(37)13-26(16)40-31(45)24-15-42(2)34(47)43(3)33(24)46)22-11-18(36)12-23(30(22)35)27-9-17-5-7-25(29(17)32(41-27)48-4)38-14-20-6-8-28(44)39-20/h9-13,15,20,25,38H,5-8,14H2,1-4H3,(H,39,44)(H,40,45). The minimum Gasteiger partial charge on any atom is -0.481 e. The van der Waals surface area contributed by atoms with Crippen LogP contribution in [0.4, 0.5) is 14.5 Å². The van der Waals surface area contributed by atoms with Crippen LogP contribution in [0, 0.1) is 18.6 Å². The van der Waals surface area contributed by atoms with Gasteiger partial charge in [0.25, 0.3) is 11.5 Å². The molecule has 2 aromatic heterocycles. The van der Waals surface area contributed by atoms with Crippen LogP contribution in [-0.2, 0) is 25.3 Å². The predicted molar refractivity (Wildman–Crippen MR) is 176 cm³/mol. The zero-order valence-corrected chi connectivity index (χ0v) is 27.4. The normalized spacial score (nSPS) is 16.9. The van der Waals surface area contributed by atoms with E-state index in [-0.39, 0.29) is 51.0 Å². The number of ether oxygens (including phenoxy) is 1. The average molecular weight is 679 g/mol. The number of hydrogen-bond donors (Lipinski definition) is 3. The van der Waals surface area contributed by atoms with E-state index >= 15 is 8.78 Å². The van der Waals surface area contributed by atoms with Crippen molar-refractivity contribution < 1.29 is 23.1 Å². The molecule has 2 unspecified atom stereocenters. The lowest BCUT2D eigenvalue weighted by Crippen LogP contribution is -2.40. The first-order valence-corrected chi connectivity index (χ1v) is 15.7. The van der Waals surface area contributed by atoms with Crippen molar-refractivity contribution in [3.8, 4) is 28.3 Å². The monoisotopic (exact) mass is 678 g/mol. The topological polar surface area (TPSA) is 136 Å². The van der Waals surface area contributed by atoms with E-state index in [4.69, 9.17) is 21.3 Å². The second kappa shape index (κ2) is 13.0. The molecule has 250 valence electrons. The number of amides is 2. The van der Waals surface area contributed by atoms with Gasteiger partial charge >= 0.3 is 5.69 Å². The summed E-state index contributed by atoms with van der Waals surface area (Å²) in [5, 5.41) is 9.13. The molecule has 2 aromatic carbocycles. The van der Waals surface area contributed by atoms with Crippen molar-refractivity contribution in [1.82, 2.24) is 24.8 Å². The molecular formula is C34H33ClF2N6O5. The van der Waals surface area contributed by atoms with Gasteiger partial charge in [0.2, 0.25) is 11.8 Å². The van der Waals surface area contributed by atoms with Gasteiger partial charge in [0, 0.05) is 67.7 Å². The number of fused-ring (bicyclic) bond motifs is 1. The lowest BCUT2D eigenvalue weighted by Gasteiger charge is -2.20. The summed E-state index contributed by atoms with van der Waals surface area (Å²) in [7, 11) is 4.15. The molecule has 2 amide bonds. The number of carbonyl (C=O) groups is 2. The van der Waals surface area contributed by atoms with Crippen molar-refractivity contribution in [3.05, 3.63) is 96.3 Å². The number of carbonyl (C=O) groups excluding carboxylic acids is 2. The Morgan fingerprint density at radius 2 is 1.75 bits per heavy atom. The molecule has 6 rings (SSSR count). The van der Waals surface area contributed by atoms with Crippen molar-refractivity contribution in [2.24, 2.45) is 14.1 Å². The molecule has 1 saturated heterocycles. The number of methoxy groups -OCH3 is 1. The predicted octanol–water partition coefficient (Wildman–Crippen LogP) is 4.17. The third-order valence-electron chi connectivity index (χ3n) is 8.96. The number of nitrogens with zero attached hydrogens (tertiary/aromatic N) is 3. The molecule has 2 atom stereocenters. The molecule has 1 aliphatic heterocycles. The molecular weight excluding hydrogens is 646 g/mol. The lowest BCUT2D eigenvalue weighted by molar-refractivity contribution is -0.119. The molecule has 0 spiro atoms. The number of aryl methyl sites for hydroxylation is 2. The van der Waals surface area contributed by atoms with E-state index in [0.717, 1.165) is 45.4 Å². The number of aromatic nitrogens is 3. The summed E-state index contributed by atoms with van der Waals surface area (Å²) >= 11 is 6.93. The maximum absolute atomic E-state index is 15.3. The number of rotatable bonds is 8. The van der Waals surface area contributed by atoms with Gasteiger partial charge < -0.3 is 25.3 Å². The lowest BCUT2D eigenvalue weighted by atomic mass is 9.95. The van der Waals surface area contributed by atoms with E-state index in [1.165, 1.54) is 39.4 Å². The molecule has 0 saturated carbocycles. The highest BCUT2D eigenvalue weighted by atomic mass is 35.5. The fourth-order valence-corrected chi connectivity index (χ4v) is 6.74. The highest BCUT2D eigenvalue weighted by Crippen LogP contribution is 2.43. The Bertz CT molecular complexity index is 2110. The van der Waals surface area contributed by atoms with Crippen molar-refractivity contribution in [3.63, 3.8) is 0 Å². The zero-order valence-electron chi connectivity index (χ0n) is 26.7. The molecule has 4 aromatic rings. The maximum Gasteiger partial charge on any atom is 0.330 e. The van der Waals surface area contributed by atoms with Crippen LogP contribution in [0.1, 0.15) is 52.4 Å². The fraction of sp³-hybridized carbons (Fsp3) is 0.324. The van der Waals surface area contributed by atoms with Crippen molar-refractivity contribution in [2.45, 2.75) is 44.7 Å². The van der Waals surface area contributed by atoms with Gasteiger partial charge in [-0.05, 0) is 73.2 Å². The number of nitrogens with one attached hydrogen (secondary N) is 3. The smallest absolute Gasteiger partial charge is 0.330 e. The maximum atomic E-state index is 15.3. The third-order valence-corrected chi connectivity index (χ3v) is 9.37. The van der Waals surface area contributed by atoms with Gasteiger partial charge in [-0.2, -0.15) is 0 Å². The van der Waals surface area contributed by atoms with Gasteiger partial charge in [0.05, 0.1) is 17.8 Å². The molecule has 0 bridgehead atoms. The largest absolute Gasteiger partial charge is 0.481 e. The summed E-state index contributed by atoms with van der Waals surface area (Å²) in [4.78, 5) is 54.1. The van der Waals surface area contributed by atoms with Crippen LogP contribution in [0.25, 0.3) is 22.4 Å². The average Bonchev–Trinajstić information content (AvgIpc) is 3.68. The summed E-state index contributed by atoms with van der Waals surface area (Å²) in [5.74, 6) is -1.83. The Balaban J connectivity index is 1.35. The summed E-state index contributed by atoms with van der Waals surface area (Å²) in [6.07, 6.45) is 3.88. The minimum atomic E-state index is -0.855. The van der Waals surface area contributed by atoms with E-state index < -0.39 is 28.8 Å². The van der Waals surface area contributed by atoms with Crippen LogP contribution in [-0.4, -0.2) is 45.6 Å². The van der Waals surface area contributed by atoms with Crippen molar-refractivity contribution in [2.75, 3.05) is 19.0 Å². The molecule has 0 radical (unpaired) electrons. The first-order valence-electron chi connectivity index (χ1n) is 15.3. The van der Waals surface area contributed by atoms with Crippen LogP contribution in [0.15, 0.2) is 46.1 Å². The SMILES string of the molecule is COc1nc(-c2cc(F)cc(-c3cc(F)cc(NC(=O)c4cn(C)c(=O)n(C)c4=O)c3C)c2Cl)cc2c1C(NCC1CCC(=O)N1)CC2. The van der Waals surface area contributed by atoms with E-state index in [1.54, 1.807) is 6.92 Å². The van der Waals surface area contributed by atoms with Gasteiger partial charge in [0.15, 0.2) is 0 Å². The summed E-state index contributed by atoms with van der Waals surface area (Å²) in [6.45, 7) is 2.21. The summed E-state index contributed by atoms with van der Waals surface area (Å²) < 4.78 is 37.9. The van der Waals surface area contributed by atoms with Gasteiger partial charge in [-0.25, -0.2) is 18.6 Å². The van der Waals surface area contributed by atoms with E-state index in [2.05, 4.69) is 16.0 Å². The number of halogens is 3.